The Kier molecular flexibility index (Phi) is 4.76. The van der Waals surface area contributed by atoms with Crippen LogP contribution in [0.4, 0.5) is 5.69 Å². The van der Waals surface area contributed by atoms with Gasteiger partial charge in [0.1, 0.15) is 12.2 Å². The maximum atomic E-state index is 12.0. The maximum Gasteiger partial charge on any atom is 0.354 e. The van der Waals surface area contributed by atoms with Gasteiger partial charge in [-0.2, -0.15) is 0 Å². The molecule has 0 aliphatic heterocycles. The molecule has 0 radical (unpaired) electrons. The molecule has 18 heavy (non-hydrogen) atoms. The summed E-state index contributed by atoms with van der Waals surface area (Å²) in [6, 6.07) is 1.50. The molecule has 0 aromatic carbocycles. The lowest BCUT2D eigenvalue weighted by molar-refractivity contribution is -0.131. The predicted octanol–water partition coefficient (Wildman–Crippen LogP) is 0.725. The number of rotatable bonds is 5. The van der Waals surface area contributed by atoms with Crippen molar-refractivity contribution in [3.8, 4) is 0 Å². The number of nitrogens with two attached hydrogens (primary N) is 1. The summed E-state index contributed by atoms with van der Waals surface area (Å²) >= 11 is 0. The quantitative estimate of drug-likeness (QED) is 0.784. The van der Waals surface area contributed by atoms with Crippen LogP contribution in [0.1, 0.15) is 24.3 Å². The van der Waals surface area contributed by atoms with Crippen LogP contribution in [0.15, 0.2) is 12.3 Å². The number of nitrogens with zero attached hydrogens (tertiary/aromatic N) is 2. The lowest BCUT2D eigenvalue weighted by atomic mass is 10.4. The second-order valence-electron chi connectivity index (χ2n) is 3.84. The van der Waals surface area contributed by atoms with Crippen LogP contribution in [0.3, 0.4) is 0 Å². The summed E-state index contributed by atoms with van der Waals surface area (Å²) in [6.45, 7) is 5.18. The van der Waals surface area contributed by atoms with Crippen molar-refractivity contribution in [1.82, 2.24) is 9.47 Å². The third-order valence-corrected chi connectivity index (χ3v) is 2.73. The molecule has 0 unspecified atom stereocenters. The molecular weight excluding hydrogens is 234 g/mol. The summed E-state index contributed by atoms with van der Waals surface area (Å²) < 4.78 is 6.16. The molecule has 1 aromatic heterocycles. The molecule has 0 spiro atoms. The molecule has 0 saturated heterocycles. The average molecular weight is 253 g/mol. The highest BCUT2D eigenvalue weighted by Gasteiger charge is 2.17. The number of esters is 1. The molecule has 6 heteroatoms. The van der Waals surface area contributed by atoms with Crippen molar-refractivity contribution in [3.63, 3.8) is 0 Å². The van der Waals surface area contributed by atoms with Gasteiger partial charge in [-0.1, -0.05) is 0 Å². The van der Waals surface area contributed by atoms with Gasteiger partial charge in [0.2, 0.25) is 5.91 Å². The van der Waals surface area contributed by atoms with E-state index in [4.69, 9.17) is 5.73 Å². The zero-order valence-corrected chi connectivity index (χ0v) is 11.0. The Morgan fingerprint density at radius 3 is 2.50 bits per heavy atom. The van der Waals surface area contributed by atoms with Crippen molar-refractivity contribution in [2.24, 2.45) is 0 Å². The van der Waals surface area contributed by atoms with E-state index in [1.54, 1.807) is 11.1 Å². The van der Waals surface area contributed by atoms with Crippen LogP contribution in [0.2, 0.25) is 0 Å². The smallest absolute Gasteiger partial charge is 0.354 e. The maximum absolute atomic E-state index is 12.0. The van der Waals surface area contributed by atoms with E-state index < -0.39 is 5.97 Å². The number of amides is 1. The Balaban J connectivity index is 2.90. The van der Waals surface area contributed by atoms with E-state index >= 15 is 0 Å². The van der Waals surface area contributed by atoms with Crippen LogP contribution in [-0.2, 0) is 16.1 Å². The Morgan fingerprint density at radius 2 is 2.00 bits per heavy atom. The van der Waals surface area contributed by atoms with E-state index in [9.17, 15) is 9.59 Å². The second kappa shape index (κ2) is 6.09. The van der Waals surface area contributed by atoms with Crippen LogP contribution in [0.5, 0.6) is 0 Å². The fourth-order valence-electron chi connectivity index (χ4n) is 1.76. The fraction of sp³-hybridized carbons (Fsp3) is 0.500. The highest BCUT2D eigenvalue weighted by atomic mass is 16.5. The van der Waals surface area contributed by atoms with Gasteiger partial charge in [-0.15, -0.1) is 0 Å². The first-order chi connectivity index (χ1) is 8.53. The minimum Gasteiger partial charge on any atom is -0.464 e. The molecule has 0 aliphatic carbocycles. The molecular formula is C12H19N3O3. The second-order valence-corrected chi connectivity index (χ2v) is 3.84. The van der Waals surface area contributed by atoms with E-state index in [0.717, 1.165) is 0 Å². The van der Waals surface area contributed by atoms with Crippen molar-refractivity contribution in [3.05, 3.63) is 18.0 Å². The van der Waals surface area contributed by atoms with Gasteiger partial charge in [0.15, 0.2) is 0 Å². The Hall–Kier alpha value is -1.98. The van der Waals surface area contributed by atoms with Gasteiger partial charge in [-0.05, 0) is 19.9 Å². The number of carbonyl (C=O) groups is 2. The first-order valence-electron chi connectivity index (χ1n) is 5.85. The van der Waals surface area contributed by atoms with Crippen molar-refractivity contribution in [2.45, 2.75) is 20.4 Å². The zero-order chi connectivity index (χ0) is 13.7. The standard InChI is InChI=1S/C12H19N3O3/c1-4-14(5-2)11(16)8-15-7-9(13)6-10(15)12(17)18-3/h6-7H,4-5,8,13H2,1-3H3. The van der Waals surface area contributed by atoms with E-state index in [1.165, 1.54) is 17.7 Å². The van der Waals surface area contributed by atoms with Gasteiger partial charge in [-0.25, -0.2) is 4.79 Å². The minimum atomic E-state index is -0.501. The molecule has 0 fully saturated rings. The van der Waals surface area contributed by atoms with Crippen molar-refractivity contribution >= 4 is 17.6 Å². The minimum absolute atomic E-state index is 0.0549. The van der Waals surface area contributed by atoms with Gasteiger partial charge in [0, 0.05) is 19.3 Å². The number of ether oxygens (including phenoxy) is 1. The molecule has 0 atom stereocenters. The summed E-state index contributed by atoms with van der Waals surface area (Å²) in [5.74, 6) is -0.556. The van der Waals surface area contributed by atoms with Gasteiger partial charge < -0.3 is 19.9 Å². The Morgan fingerprint density at radius 1 is 1.39 bits per heavy atom. The van der Waals surface area contributed by atoms with Crippen LogP contribution in [0.25, 0.3) is 0 Å². The molecule has 0 aliphatic rings. The molecule has 1 heterocycles. The van der Waals surface area contributed by atoms with Gasteiger partial charge >= 0.3 is 5.97 Å². The van der Waals surface area contributed by atoms with E-state index in [2.05, 4.69) is 4.74 Å². The molecule has 1 rings (SSSR count). The fourth-order valence-corrected chi connectivity index (χ4v) is 1.76. The number of methoxy groups -OCH3 is 1. The van der Waals surface area contributed by atoms with Crippen molar-refractivity contribution in [2.75, 3.05) is 25.9 Å². The molecule has 1 aromatic rings. The highest BCUT2D eigenvalue weighted by Crippen LogP contribution is 2.12. The Bertz CT molecular complexity index is 436. The van der Waals surface area contributed by atoms with Crippen molar-refractivity contribution in [1.29, 1.82) is 0 Å². The summed E-state index contributed by atoms with van der Waals surface area (Å²) in [4.78, 5) is 25.2. The zero-order valence-electron chi connectivity index (χ0n) is 11.0. The summed E-state index contributed by atoms with van der Waals surface area (Å²) in [5, 5.41) is 0. The molecule has 100 valence electrons. The number of likely N-dealkylation sites (N-methyl/N-ethyl adjacent to an activating group) is 1. The highest BCUT2D eigenvalue weighted by molar-refractivity contribution is 5.89. The normalized spacial score (nSPS) is 10.2. The van der Waals surface area contributed by atoms with Crippen LogP contribution in [-0.4, -0.2) is 41.5 Å². The number of hydrogen-bond acceptors (Lipinski definition) is 4. The van der Waals surface area contributed by atoms with Gasteiger partial charge in [0.25, 0.3) is 0 Å². The van der Waals surface area contributed by atoms with Crippen molar-refractivity contribution < 1.29 is 14.3 Å². The van der Waals surface area contributed by atoms with Gasteiger partial charge in [-0.3, -0.25) is 4.79 Å². The molecule has 0 bridgehead atoms. The SMILES string of the molecule is CCN(CC)C(=O)Cn1cc(N)cc1C(=O)OC. The van der Waals surface area contributed by atoms with E-state index in [-0.39, 0.29) is 18.1 Å². The largest absolute Gasteiger partial charge is 0.464 e. The van der Waals surface area contributed by atoms with Crippen LogP contribution >= 0.6 is 0 Å². The molecule has 6 nitrogen and oxygen atoms in total. The summed E-state index contributed by atoms with van der Waals surface area (Å²) in [7, 11) is 1.29. The van der Waals surface area contributed by atoms with E-state index in [1.807, 2.05) is 13.8 Å². The van der Waals surface area contributed by atoms with Crippen LogP contribution in [0, 0.1) is 0 Å². The van der Waals surface area contributed by atoms with Gasteiger partial charge in [0.05, 0.1) is 12.8 Å². The average Bonchev–Trinajstić information content (AvgIpc) is 2.70. The lowest BCUT2D eigenvalue weighted by Crippen LogP contribution is -2.34. The van der Waals surface area contributed by atoms with Crippen LogP contribution < -0.4 is 5.73 Å². The number of carbonyl (C=O) groups excluding carboxylic acids is 2. The summed E-state index contributed by atoms with van der Waals surface area (Å²) in [5.41, 5.74) is 6.36. The molecule has 2 N–H and O–H groups in total. The number of nitrogen functional groups attached to an aromatic ring is 1. The third kappa shape index (κ3) is 3.03. The molecule has 0 saturated carbocycles. The predicted molar refractivity (Wildman–Crippen MR) is 68.1 cm³/mol. The molecule has 1 amide bonds. The monoisotopic (exact) mass is 253 g/mol. The number of hydrogen-bond donors (Lipinski definition) is 1. The third-order valence-electron chi connectivity index (χ3n) is 2.73. The lowest BCUT2D eigenvalue weighted by Gasteiger charge is -2.19. The first kappa shape index (κ1) is 14.1. The summed E-state index contributed by atoms with van der Waals surface area (Å²) in [6.07, 6.45) is 1.56. The topological polar surface area (TPSA) is 77.6 Å². The van der Waals surface area contributed by atoms with E-state index in [0.29, 0.717) is 18.8 Å². The number of aromatic nitrogens is 1. The first-order valence-corrected chi connectivity index (χ1v) is 5.85. The Labute approximate surface area is 106 Å². The number of anilines is 1.